The molecule has 0 unspecified atom stereocenters. The molecule has 0 saturated carbocycles. The minimum Gasteiger partial charge on any atom is -0.467 e. The smallest absolute Gasteiger partial charge is 0.331 e. The van der Waals surface area contributed by atoms with Gasteiger partial charge in [0.05, 0.1) is 18.3 Å². The molecule has 0 aliphatic rings. The van der Waals surface area contributed by atoms with Crippen LogP contribution in [0.2, 0.25) is 0 Å². The minimum absolute atomic E-state index is 0.142. The Labute approximate surface area is 128 Å². The molecule has 0 aliphatic carbocycles. The summed E-state index contributed by atoms with van der Waals surface area (Å²) in [6, 6.07) is 11.2. The number of aryl methyl sites for hydroxylation is 1. The molecule has 6 heteroatoms. The van der Waals surface area contributed by atoms with Crippen molar-refractivity contribution in [3.05, 3.63) is 69.3 Å². The standard InChI is InChI=1S/C16H12N2O3S/c1-17-13-11-6-2-3-7-12(11)22-14(13)15(19)18(16(17)20)9-10-5-4-8-21-10/h2-8H,9H2,1H3. The van der Waals surface area contributed by atoms with E-state index >= 15 is 0 Å². The monoisotopic (exact) mass is 312 g/mol. The zero-order valence-electron chi connectivity index (χ0n) is 11.8. The number of rotatable bonds is 2. The summed E-state index contributed by atoms with van der Waals surface area (Å²) in [5.41, 5.74) is 0.0967. The van der Waals surface area contributed by atoms with Crippen LogP contribution >= 0.6 is 11.3 Å². The molecule has 0 fully saturated rings. The van der Waals surface area contributed by atoms with Crippen molar-refractivity contribution >= 4 is 31.6 Å². The first kappa shape index (κ1) is 13.1. The number of nitrogens with zero attached hydrogens (tertiary/aromatic N) is 2. The lowest BCUT2D eigenvalue weighted by atomic mass is 10.2. The van der Waals surface area contributed by atoms with Crippen LogP contribution in [0.1, 0.15) is 5.76 Å². The van der Waals surface area contributed by atoms with Crippen molar-refractivity contribution in [2.75, 3.05) is 0 Å². The van der Waals surface area contributed by atoms with Crippen molar-refractivity contribution in [2.45, 2.75) is 6.54 Å². The van der Waals surface area contributed by atoms with Gasteiger partial charge in [0.1, 0.15) is 10.5 Å². The van der Waals surface area contributed by atoms with Crippen molar-refractivity contribution in [1.82, 2.24) is 9.13 Å². The van der Waals surface area contributed by atoms with Crippen molar-refractivity contribution in [2.24, 2.45) is 7.05 Å². The van der Waals surface area contributed by atoms with E-state index in [1.807, 2.05) is 24.3 Å². The maximum Gasteiger partial charge on any atom is 0.331 e. The second-order valence-corrected chi connectivity index (χ2v) is 6.14. The van der Waals surface area contributed by atoms with E-state index in [-0.39, 0.29) is 17.8 Å². The molecule has 0 radical (unpaired) electrons. The average molecular weight is 312 g/mol. The molecule has 0 N–H and O–H groups in total. The zero-order chi connectivity index (χ0) is 15.3. The van der Waals surface area contributed by atoms with Crippen LogP contribution in [0.25, 0.3) is 20.3 Å². The van der Waals surface area contributed by atoms with E-state index in [2.05, 4.69) is 0 Å². The third-order valence-electron chi connectivity index (χ3n) is 3.76. The normalized spacial score (nSPS) is 11.5. The Hall–Kier alpha value is -2.60. The second kappa shape index (κ2) is 4.71. The van der Waals surface area contributed by atoms with Crippen LogP contribution in [-0.4, -0.2) is 9.13 Å². The molecule has 4 rings (SSSR count). The Morgan fingerprint density at radius 2 is 1.95 bits per heavy atom. The highest BCUT2D eigenvalue weighted by Crippen LogP contribution is 2.30. The Balaban J connectivity index is 2.10. The van der Waals surface area contributed by atoms with Crippen LogP contribution in [0.3, 0.4) is 0 Å². The summed E-state index contributed by atoms with van der Waals surface area (Å²) in [5.74, 6) is 0.583. The highest BCUT2D eigenvalue weighted by atomic mass is 32.1. The minimum atomic E-state index is -0.336. The number of aromatic nitrogens is 2. The fourth-order valence-electron chi connectivity index (χ4n) is 2.69. The van der Waals surface area contributed by atoms with Gasteiger partial charge >= 0.3 is 5.69 Å². The first-order valence-corrected chi connectivity index (χ1v) is 7.62. The summed E-state index contributed by atoms with van der Waals surface area (Å²) in [6.07, 6.45) is 1.53. The molecule has 0 aliphatic heterocycles. The van der Waals surface area contributed by atoms with Crippen molar-refractivity contribution in [1.29, 1.82) is 0 Å². The molecule has 0 spiro atoms. The molecule has 0 bridgehead atoms. The molecular formula is C16H12N2O3S. The van der Waals surface area contributed by atoms with E-state index in [1.165, 1.54) is 22.2 Å². The maximum absolute atomic E-state index is 12.7. The summed E-state index contributed by atoms with van der Waals surface area (Å²) >= 11 is 1.41. The van der Waals surface area contributed by atoms with E-state index in [1.54, 1.807) is 23.7 Å². The van der Waals surface area contributed by atoms with Gasteiger partial charge in [0, 0.05) is 17.1 Å². The van der Waals surface area contributed by atoms with Gasteiger partial charge < -0.3 is 4.42 Å². The Morgan fingerprint density at radius 1 is 1.14 bits per heavy atom. The summed E-state index contributed by atoms with van der Waals surface area (Å²) in [6.45, 7) is 0.142. The fourth-order valence-corrected chi connectivity index (χ4v) is 3.88. The lowest BCUT2D eigenvalue weighted by molar-refractivity contribution is 0.481. The van der Waals surface area contributed by atoms with Crippen molar-refractivity contribution < 1.29 is 4.42 Å². The molecular weight excluding hydrogens is 300 g/mol. The molecule has 22 heavy (non-hydrogen) atoms. The van der Waals surface area contributed by atoms with Gasteiger partial charge in [-0.3, -0.25) is 13.9 Å². The molecule has 5 nitrogen and oxygen atoms in total. The molecule has 3 aromatic heterocycles. The molecule has 3 heterocycles. The third kappa shape index (κ3) is 1.77. The number of benzene rings is 1. The summed E-state index contributed by atoms with van der Waals surface area (Å²) in [7, 11) is 1.70. The van der Waals surface area contributed by atoms with Crippen LogP contribution in [0.4, 0.5) is 0 Å². The predicted molar refractivity (Wildman–Crippen MR) is 86.6 cm³/mol. The van der Waals surface area contributed by atoms with Crippen LogP contribution in [-0.2, 0) is 13.6 Å². The number of hydrogen-bond acceptors (Lipinski definition) is 4. The Bertz CT molecular complexity index is 1100. The topological polar surface area (TPSA) is 57.1 Å². The van der Waals surface area contributed by atoms with Gasteiger partial charge in [-0.25, -0.2) is 4.79 Å². The largest absolute Gasteiger partial charge is 0.467 e. The van der Waals surface area contributed by atoms with E-state index < -0.39 is 0 Å². The quantitative estimate of drug-likeness (QED) is 0.571. The van der Waals surface area contributed by atoms with Gasteiger partial charge in [-0.05, 0) is 18.2 Å². The highest BCUT2D eigenvalue weighted by molar-refractivity contribution is 7.25. The predicted octanol–water partition coefficient (Wildman–Crippen LogP) is 2.56. The van der Waals surface area contributed by atoms with Gasteiger partial charge in [0.15, 0.2) is 0 Å². The van der Waals surface area contributed by atoms with Gasteiger partial charge in [-0.1, -0.05) is 18.2 Å². The van der Waals surface area contributed by atoms with Crippen LogP contribution in [0.15, 0.2) is 56.7 Å². The lowest BCUT2D eigenvalue weighted by Gasteiger charge is -2.07. The molecule has 110 valence electrons. The van der Waals surface area contributed by atoms with Gasteiger partial charge in [0.25, 0.3) is 5.56 Å². The number of furan rings is 1. The van der Waals surface area contributed by atoms with Gasteiger partial charge in [-0.2, -0.15) is 0 Å². The molecule has 0 saturated heterocycles. The summed E-state index contributed by atoms with van der Waals surface area (Å²) in [4.78, 5) is 25.3. The second-order valence-electron chi connectivity index (χ2n) is 5.09. The number of hydrogen-bond donors (Lipinski definition) is 0. The SMILES string of the molecule is Cn1c(=O)n(Cc2ccco2)c(=O)c2sc3ccccc3c21. The number of thiophene rings is 1. The van der Waals surface area contributed by atoms with E-state index in [0.29, 0.717) is 16.0 Å². The highest BCUT2D eigenvalue weighted by Gasteiger charge is 2.16. The lowest BCUT2D eigenvalue weighted by Crippen LogP contribution is -2.38. The molecule has 0 atom stereocenters. The summed E-state index contributed by atoms with van der Waals surface area (Å²) in [5, 5.41) is 0.935. The Kier molecular flexibility index (Phi) is 2.80. The summed E-state index contributed by atoms with van der Waals surface area (Å²) < 4.78 is 9.61. The number of fused-ring (bicyclic) bond motifs is 3. The Morgan fingerprint density at radius 3 is 2.73 bits per heavy atom. The van der Waals surface area contributed by atoms with Gasteiger partial charge in [0.2, 0.25) is 0 Å². The third-order valence-corrected chi connectivity index (χ3v) is 4.90. The van der Waals surface area contributed by atoms with Crippen LogP contribution in [0.5, 0.6) is 0 Å². The van der Waals surface area contributed by atoms with Gasteiger partial charge in [-0.15, -0.1) is 11.3 Å². The van der Waals surface area contributed by atoms with Crippen molar-refractivity contribution in [3.63, 3.8) is 0 Å². The van der Waals surface area contributed by atoms with E-state index in [0.717, 1.165) is 10.1 Å². The van der Waals surface area contributed by atoms with E-state index in [4.69, 9.17) is 4.42 Å². The molecule has 0 amide bonds. The fraction of sp³-hybridized carbons (Fsp3) is 0.125. The van der Waals surface area contributed by atoms with Crippen LogP contribution in [0, 0.1) is 0 Å². The first-order valence-electron chi connectivity index (χ1n) is 6.80. The average Bonchev–Trinajstić information content (AvgIpc) is 3.16. The zero-order valence-corrected chi connectivity index (χ0v) is 12.6. The first-order chi connectivity index (χ1) is 10.7. The maximum atomic E-state index is 12.7. The van der Waals surface area contributed by atoms with Crippen LogP contribution < -0.4 is 11.2 Å². The molecule has 4 aromatic rings. The van der Waals surface area contributed by atoms with E-state index in [9.17, 15) is 9.59 Å². The molecule has 1 aromatic carbocycles. The van der Waals surface area contributed by atoms with Crippen molar-refractivity contribution in [3.8, 4) is 0 Å².